The number of urea groups is 1. The summed E-state index contributed by atoms with van der Waals surface area (Å²) in [5.41, 5.74) is -0.499. The van der Waals surface area contributed by atoms with Crippen molar-refractivity contribution in [3.63, 3.8) is 0 Å². The maximum Gasteiger partial charge on any atom is 0.416 e. The van der Waals surface area contributed by atoms with Crippen molar-refractivity contribution in [2.24, 2.45) is 5.92 Å². The zero-order valence-electron chi connectivity index (χ0n) is 13.3. The first-order chi connectivity index (χ1) is 11.3. The van der Waals surface area contributed by atoms with Crippen molar-refractivity contribution < 1.29 is 22.8 Å². The Morgan fingerprint density at radius 1 is 1.38 bits per heavy atom. The molecular weight excluding hydrogens is 321 g/mol. The molecule has 0 bridgehead atoms. The minimum Gasteiger partial charge on any atom is -0.290 e. The van der Waals surface area contributed by atoms with E-state index in [1.54, 1.807) is 0 Å². The highest BCUT2D eigenvalue weighted by Crippen LogP contribution is 2.31. The van der Waals surface area contributed by atoms with E-state index in [9.17, 15) is 22.8 Å². The van der Waals surface area contributed by atoms with E-state index in [-0.39, 0.29) is 18.4 Å². The lowest BCUT2D eigenvalue weighted by Gasteiger charge is -2.26. The van der Waals surface area contributed by atoms with E-state index in [0.29, 0.717) is 18.7 Å². The van der Waals surface area contributed by atoms with E-state index in [0.717, 1.165) is 23.5 Å². The minimum atomic E-state index is -4.44. The Hall–Kier alpha value is -2.31. The highest BCUT2D eigenvalue weighted by Gasteiger charge is 2.36. The number of rotatable bonds is 4. The highest BCUT2D eigenvalue weighted by atomic mass is 19.4. The van der Waals surface area contributed by atoms with Crippen LogP contribution in [0.25, 0.3) is 0 Å². The summed E-state index contributed by atoms with van der Waals surface area (Å²) in [7, 11) is 0. The molecule has 24 heavy (non-hydrogen) atoms. The predicted octanol–water partition coefficient (Wildman–Crippen LogP) is 4.08. The van der Waals surface area contributed by atoms with Gasteiger partial charge in [0, 0.05) is 25.2 Å². The number of halogens is 3. The summed E-state index contributed by atoms with van der Waals surface area (Å²) in [6, 6.07) is 3.75. The van der Waals surface area contributed by atoms with Crippen molar-refractivity contribution in [1.29, 1.82) is 0 Å². The van der Waals surface area contributed by atoms with Crippen molar-refractivity contribution in [2.75, 3.05) is 18.0 Å². The van der Waals surface area contributed by atoms with Crippen LogP contribution < -0.4 is 4.90 Å². The number of hydrogen-bond donors (Lipinski definition) is 0. The average molecular weight is 340 g/mol. The molecule has 1 aliphatic rings. The zero-order chi connectivity index (χ0) is 17.9. The van der Waals surface area contributed by atoms with Gasteiger partial charge in [0.25, 0.3) is 0 Å². The van der Waals surface area contributed by atoms with Crippen LogP contribution in [-0.2, 0) is 11.0 Å². The Kier molecular flexibility index (Phi) is 5.31. The van der Waals surface area contributed by atoms with Crippen molar-refractivity contribution in [2.45, 2.75) is 25.9 Å². The van der Waals surface area contributed by atoms with Gasteiger partial charge in [-0.05, 0) is 30.2 Å². The van der Waals surface area contributed by atoms with Crippen molar-refractivity contribution in [3.05, 3.63) is 42.5 Å². The van der Waals surface area contributed by atoms with Gasteiger partial charge in [-0.3, -0.25) is 14.6 Å². The number of nitrogens with zero attached hydrogens (tertiary/aromatic N) is 2. The third kappa shape index (κ3) is 3.77. The molecule has 0 N–H and O–H groups in total. The van der Waals surface area contributed by atoms with Gasteiger partial charge in [0.05, 0.1) is 5.56 Å². The van der Waals surface area contributed by atoms with E-state index >= 15 is 0 Å². The zero-order valence-corrected chi connectivity index (χ0v) is 13.3. The predicted molar refractivity (Wildman–Crippen MR) is 84.5 cm³/mol. The van der Waals surface area contributed by atoms with Crippen LogP contribution in [0.4, 0.5) is 23.7 Å². The van der Waals surface area contributed by atoms with Gasteiger partial charge in [-0.1, -0.05) is 19.4 Å². The second-order valence-corrected chi connectivity index (χ2v) is 5.71. The number of imide groups is 1. The number of amides is 3. The lowest BCUT2D eigenvalue weighted by atomic mass is 10.1. The van der Waals surface area contributed by atoms with Crippen LogP contribution in [0.15, 0.2) is 36.9 Å². The van der Waals surface area contributed by atoms with E-state index < -0.39 is 17.8 Å². The largest absolute Gasteiger partial charge is 0.416 e. The summed E-state index contributed by atoms with van der Waals surface area (Å²) >= 11 is 0. The van der Waals surface area contributed by atoms with Gasteiger partial charge in [-0.15, -0.1) is 6.58 Å². The molecule has 1 aromatic carbocycles. The molecule has 2 rings (SSSR count). The molecule has 1 aliphatic heterocycles. The number of carbonyl (C=O) groups is 2. The Balaban J connectivity index is 2.24. The van der Waals surface area contributed by atoms with Crippen LogP contribution in [0.3, 0.4) is 0 Å². The van der Waals surface area contributed by atoms with Crippen LogP contribution in [0.5, 0.6) is 0 Å². The molecule has 130 valence electrons. The third-order valence-corrected chi connectivity index (χ3v) is 4.06. The second kappa shape index (κ2) is 7.07. The summed E-state index contributed by atoms with van der Waals surface area (Å²) in [6.45, 7) is 5.95. The Bertz CT molecular complexity index is 626. The normalized spacial score (nSPS) is 17.9. The van der Waals surface area contributed by atoms with Crippen LogP contribution in [0.2, 0.25) is 0 Å². The lowest BCUT2D eigenvalue weighted by molar-refractivity contribution is -0.137. The first-order valence-electron chi connectivity index (χ1n) is 7.68. The van der Waals surface area contributed by atoms with Crippen LogP contribution in [-0.4, -0.2) is 29.9 Å². The standard InChI is InChI=1S/C17H19F3N2O2/c1-3-9-21(14-7-5-13(6-8-14)17(18,19)20)16(24)22-11-12(4-2)10-15(22)23/h3,5-8,12H,1,4,9-11H2,2H3. The van der Waals surface area contributed by atoms with E-state index in [1.807, 2.05) is 6.92 Å². The van der Waals surface area contributed by atoms with Gasteiger partial charge in [0.1, 0.15) is 0 Å². The smallest absolute Gasteiger partial charge is 0.290 e. The fourth-order valence-electron chi connectivity index (χ4n) is 2.64. The highest BCUT2D eigenvalue weighted by molar-refractivity contribution is 6.03. The summed E-state index contributed by atoms with van der Waals surface area (Å²) < 4.78 is 38.0. The Morgan fingerprint density at radius 2 is 2.00 bits per heavy atom. The molecule has 1 aromatic rings. The molecule has 1 fully saturated rings. The third-order valence-electron chi connectivity index (χ3n) is 4.06. The maximum absolute atomic E-state index is 12.7. The molecule has 3 amide bonds. The van der Waals surface area contributed by atoms with E-state index in [1.165, 1.54) is 23.1 Å². The van der Waals surface area contributed by atoms with Gasteiger partial charge in [0.2, 0.25) is 5.91 Å². The molecule has 1 saturated heterocycles. The van der Waals surface area contributed by atoms with Gasteiger partial charge in [-0.25, -0.2) is 4.79 Å². The molecule has 1 unspecified atom stereocenters. The number of alkyl halides is 3. The molecule has 0 saturated carbocycles. The molecule has 1 heterocycles. The van der Waals surface area contributed by atoms with Gasteiger partial charge in [-0.2, -0.15) is 13.2 Å². The van der Waals surface area contributed by atoms with Crippen molar-refractivity contribution >= 4 is 17.6 Å². The van der Waals surface area contributed by atoms with E-state index in [2.05, 4.69) is 6.58 Å². The molecule has 0 aromatic heterocycles. The molecule has 1 atom stereocenters. The molecule has 0 radical (unpaired) electrons. The number of benzene rings is 1. The fourth-order valence-corrected chi connectivity index (χ4v) is 2.64. The Labute approximate surface area is 138 Å². The monoisotopic (exact) mass is 340 g/mol. The number of hydrogen-bond acceptors (Lipinski definition) is 2. The molecule has 0 aliphatic carbocycles. The van der Waals surface area contributed by atoms with Gasteiger partial charge < -0.3 is 0 Å². The Morgan fingerprint density at radius 3 is 2.46 bits per heavy atom. The topological polar surface area (TPSA) is 40.6 Å². The van der Waals surface area contributed by atoms with Crippen LogP contribution in [0, 0.1) is 5.92 Å². The molecule has 0 spiro atoms. The number of carbonyl (C=O) groups excluding carboxylic acids is 2. The fraction of sp³-hybridized carbons (Fsp3) is 0.412. The first-order valence-corrected chi connectivity index (χ1v) is 7.68. The molecule has 4 nitrogen and oxygen atoms in total. The lowest BCUT2D eigenvalue weighted by Crippen LogP contribution is -2.44. The minimum absolute atomic E-state index is 0.102. The second-order valence-electron chi connectivity index (χ2n) is 5.71. The van der Waals surface area contributed by atoms with Gasteiger partial charge in [0.15, 0.2) is 0 Å². The average Bonchev–Trinajstić information content (AvgIpc) is 2.92. The van der Waals surface area contributed by atoms with Crippen molar-refractivity contribution in [3.8, 4) is 0 Å². The van der Waals surface area contributed by atoms with Crippen molar-refractivity contribution in [1.82, 2.24) is 4.90 Å². The molecule has 7 heteroatoms. The van der Waals surface area contributed by atoms with Gasteiger partial charge >= 0.3 is 12.2 Å². The van der Waals surface area contributed by atoms with Crippen LogP contribution >= 0.6 is 0 Å². The first kappa shape index (κ1) is 18.0. The molecular formula is C17H19F3N2O2. The maximum atomic E-state index is 12.7. The summed E-state index contributed by atoms with van der Waals surface area (Å²) in [5, 5.41) is 0. The summed E-state index contributed by atoms with van der Waals surface area (Å²) in [4.78, 5) is 27.1. The summed E-state index contributed by atoms with van der Waals surface area (Å²) in [6.07, 6.45) is -1.87. The van der Waals surface area contributed by atoms with Crippen LogP contribution in [0.1, 0.15) is 25.3 Å². The number of anilines is 1. The number of likely N-dealkylation sites (tertiary alicyclic amines) is 1. The van der Waals surface area contributed by atoms with E-state index in [4.69, 9.17) is 0 Å². The quantitative estimate of drug-likeness (QED) is 0.775. The summed E-state index contributed by atoms with van der Waals surface area (Å²) in [5.74, 6) is -0.132. The SMILES string of the molecule is C=CCN(C(=O)N1CC(CC)CC1=O)c1ccc(C(F)(F)F)cc1.